The molecule has 0 unspecified atom stereocenters. The van der Waals surface area contributed by atoms with Gasteiger partial charge in [-0.2, -0.15) is 0 Å². The molecule has 1 rings (SSSR count). The molecule has 0 aliphatic heterocycles. The Balaban J connectivity index is 3.18. The number of thiophene rings is 1. The zero-order valence-electron chi connectivity index (χ0n) is 8.95. The van der Waals surface area contributed by atoms with Crippen molar-refractivity contribution in [2.45, 2.75) is 6.92 Å². The molecule has 17 heavy (non-hydrogen) atoms. The van der Waals surface area contributed by atoms with E-state index < -0.39 is 5.91 Å². The number of hydrogen-bond donors (Lipinski definition) is 0. The number of carbonyl (C=O) groups is 2. The lowest BCUT2D eigenvalue weighted by Crippen LogP contribution is -2.29. The third kappa shape index (κ3) is 2.84. The summed E-state index contributed by atoms with van der Waals surface area (Å²) < 4.78 is 0. The van der Waals surface area contributed by atoms with Crippen LogP contribution in [0.5, 0.6) is 0 Å². The first-order valence-electron chi connectivity index (χ1n) is 4.50. The van der Waals surface area contributed by atoms with Gasteiger partial charge in [0.25, 0.3) is 5.91 Å². The van der Waals surface area contributed by atoms with Crippen molar-refractivity contribution in [2.24, 2.45) is 5.11 Å². The highest BCUT2D eigenvalue weighted by molar-refractivity contribution is 7.12. The lowest BCUT2D eigenvalue weighted by molar-refractivity contribution is -0.116. The molecule has 7 heteroatoms. The quantitative estimate of drug-likeness (QED) is 0.355. The van der Waals surface area contributed by atoms with Crippen LogP contribution in [0.15, 0.2) is 16.6 Å². The van der Waals surface area contributed by atoms with Crippen molar-refractivity contribution >= 4 is 28.8 Å². The molecule has 0 atom stereocenters. The summed E-state index contributed by atoms with van der Waals surface area (Å²) in [5, 5.41) is 4.62. The lowest BCUT2D eigenvalue weighted by Gasteiger charge is -2.17. The number of anilines is 1. The molecular formula is C10H8N4O2S. The molecule has 0 saturated heterocycles. The zero-order valence-corrected chi connectivity index (χ0v) is 9.77. The summed E-state index contributed by atoms with van der Waals surface area (Å²) in [6.45, 7) is 1.40. The van der Waals surface area contributed by atoms with Gasteiger partial charge in [-0.15, -0.1) is 17.8 Å². The van der Waals surface area contributed by atoms with Crippen LogP contribution in [-0.2, 0) is 4.79 Å². The maximum absolute atomic E-state index is 11.5. The van der Waals surface area contributed by atoms with E-state index in [-0.39, 0.29) is 17.3 Å². The van der Waals surface area contributed by atoms with Gasteiger partial charge < -0.3 is 0 Å². The van der Waals surface area contributed by atoms with E-state index in [1.807, 2.05) is 0 Å². The monoisotopic (exact) mass is 248 g/mol. The molecule has 6 nitrogen and oxygen atoms in total. The molecular weight excluding hydrogens is 240 g/mol. The van der Waals surface area contributed by atoms with Crippen LogP contribution < -0.4 is 4.90 Å². The highest BCUT2D eigenvalue weighted by atomic mass is 32.1. The molecule has 1 heterocycles. The van der Waals surface area contributed by atoms with Gasteiger partial charge in [0.05, 0.1) is 12.2 Å². The Morgan fingerprint density at radius 3 is 2.94 bits per heavy atom. The van der Waals surface area contributed by atoms with E-state index >= 15 is 0 Å². The Bertz CT molecular complexity index is 537. The Labute approximate surface area is 101 Å². The van der Waals surface area contributed by atoms with Gasteiger partial charge in [0.1, 0.15) is 4.88 Å². The average Bonchev–Trinajstić information content (AvgIpc) is 2.74. The predicted molar refractivity (Wildman–Crippen MR) is 64.7 cm³/mol. The second-order valence-electron chi connectivity index (χ2n) is 2.94. The van der Waals surface area contributed by atoms with E-state index in [2.05, 4.69) is 15.9 Å². The van der Waals surface area contributed by atoms with E-state index in [0.29, 0.717) is 5.69 Å². The van der Waals surface area contributed by atoms with E-state index in [0.717, 1.165) is 11.3 Å². The van der Waals surface area contributed by atoms with E-state index in [1.54, 1.807) is 11.4 Å². The molecule has 0 radical (unpaired) electrons. The third-order valence-corrected chi connectivity index (χ3v) is 2.79. The predicted octanol–water partition coefficient (Wildman–Crippen LogP) is 2.18. The van der Waals surface area contributed by atoms with Crippen molar-refractivity contribution in [3.8, 4) is 12.3 Å². The van der Waals surface area contributed by atoms with Crippen LogP contribution in [0.3, 0.4) is 0 Å². The third-order valence-electron chi connectivity index (χ3n) is 1.89. The molecule has 1 aromatic heterocycles. The first kappa shape index (κ1) is 12.8. The van der Waals surface area contributed by atoms with E-state index in [4.69, 9.17) is 12.0 Å². The van der Waals surface area contributed by atoms with Crippen LogP contribution in [0.4, 0.5) is 5.69 Å². The average molecular weight is 248 g/mol. The van der Waals surface area contributed by atoms with Gasteiger partial charge >= 0.3 is 0 Å². The van der Waals surface area contributed by atoms with Crippen molar-refractivity contribution in [3.05, 3.63) is 26.8 Å². The smallest absolute Gasteiger partial charge is 0.261 e. The molecule has 0 N–H and O–H groups in total. The summed E-state index contributed by atoms with van der Waals surface area (Å²) in [4.78, 5) is 26.7. The number of carbonyl (C=O) groups excluding carboxylic acids is 2. The van der Waals surface area contributed by atoms with Crippen molar-refractivity contribution < 1.29 is 9.59 Å². The van der Waals surface area contributed by atoms with Gasteiger partial charge in [-0.25, -0.2) is 0 Å². The van der Waals surface area contributed by atoms with Gasteiger partial charge in [0.15, 0.2) is 0 Å². The van der Waals surface area contributed by atoms with Gasteiger partial charge in [0, 0.05) is 11.8 Å². The molecule has 0 fully saturated rings. The largest absolute Gasteiger partial charge is 0.299 e. The molecule has 0 aliphatic rings. The SMILES string of the molecule is C#CCN(C(C)=O)c1ccsc1C(=O)N=[N+]=[N-]. The standard InChI is InChI=1S/C10H8N4O2S/c1-3-5-14(7(2)15)8-4-6-17-9(8)10(16)12-13-11/h1,4,6H,5H2,2H3. The van der Waals surface area contributed by atoms with Crippen molar-refractivity contribution in [1.29, 1.82) is 0 Å². The first-order valence-corrected chi connectivity index (χ1v) is 5.38. The maximum Gasteiger partial charge on any atom is 0.261 e. The molecule has 1 aromatic rings. The number of amides is 2. The summed E-state index contributed by atoms with van der Waals surface area (Å²) in [7, 11) is 0. The fraction of sp³-hybridized carbons (Fsp3) is 0.200. The maximum atomic E-state index is 11.5. The van der Waals surface area contributed by atoms with Gasteiger partial charge in [-0.1, -0.05) is 5.92 Å². The van der Waals surface area contributed by atoms with Gasteiger partial charge in [-0.05, 0) is 22.1 Å². The van der Waals surface area contributed by atoms with E-state index in [9.17, 15) is 9.59 Å². The topological polar surface area (TPSA) is 86.1 Å². The first-order chi connectivity index (χ1) is 8.11. The number of rotatable bonds is 3. The fourth-order valence-electron chi connectivity index (χ4n) is 1.22. The van der Waals surface area contributed by atoms with Crippen molar-refractivity contribution in [3.63, 3.8) is 0 Å². The van der Waals surface area contributed by atoms with E-state index in [1.165, 1.54) is 11.8 Å². The highest BCUT2D eigenvalue weighted by Crippen LogP contribution is 2.27. The molecule has 0 bridgehead atoms. The molecule has 86 valence electrons. The van der Waals surface area contributed by atoms with Crippen LogP contribution in [0.25, 0.3) is 10.4 Å². The normalized spacial score (nSPS) is 8.94. The van der Waals surface area contributed by atoms with Gasteiger partial charge in [0.2, 0.25) is 5.91 Å². The summed E-state index contributed by atoms with van der Waals surface area (Å²) in [6.07, 6.45) is 5.15. The van der Waals surface area contributed by atoms with Crippen molar-refractivity contribution in [2.75, 3.05) is 11.4 Å². The number of azide groups is 1. The summed E-state index contributed by atoms with van der Waals surface area (Å²) >= 11 is 1.09. The molecule has 0 aliphatic carbocycles. The minimum atomic E-state index is -0.722. The summed E-state index contributed by atoms with van der Waals surface area (Å²) in [5.74, 6) is 1.33. The number of nitrogens with zero attached hydrogens (tertiary/aromatic N) is 4. The molecule has 0 saturated carbocycles. The van der Waals surface area contributed by atoms with Crippen LogP contribution in [0, 0.1) is 12.3 Å². The Morgan fingerprint density at radius 2 is 2.41 bits per heavy atom. The second kappa shape index (κ2) is 5.70. The Kier molecular flexibility index (Phi) is 4.29. The summed E-state index contributed by atoms with van der Waals surface area (Å²) in [6, 6.07) is 1.59. The lowest BCUT2D eigenvalue weighted by atomic mass is 10.3. The van der Waals surface area contributed by atoms with Crippen LogP contribution in [0.1, 0.15) is 16.6 Å². The Hall–Kier alpha value is -2.29. The number of hydrogen-bond acceptors (Lipinski definition) is 3. The van der Waals surface area contributed by atoms with Crippen LogP contribution in [0.2, 0.25) is 0 Å². The van der Waals surface area contributed by atoms with Crippen LogP contribution >= 0.6 is 11.3 Å². The number of terminal acetylenes is 1. The minimum Gasteiger partial charge on any atom is -0.299 e. The second-order valence-corrected chi connectivity index (χ2v) is 3.85. The van der Waals surface area contributed by atoms with Crippen LogP contribution in [-0.4, -0.2) is 18.4 Å². The fourth-order valence-corrected chi connectivity index (χ4v) is 1.99. The molecule has 0 aromatic carbocycles. The minimum absolute atomic E-state index is 0.0581. The zero-order chi connectivity index (χ0) is 12.8. The highest BCUT2D eigenvalue weighted by Gasteiger charge is 2.19. The van der Waals surface area contributed by atoms with Crippen molar-refractivity contribution in [1.82, 2.24) is 0 Å². The Morgan fingerprint density at radius 1 is 1.71 bits per heavy atom. The molecule has 2 amide bonds. The van der Waals surface area contributed by atoms with Gasteiger partial charge in [-0.3, -0.25) is 14.5 Å². The summed E-state index contributed by atoms with van der Waals surface area (Å²) in [5.41, 5.74) is 8.58. The molecule has 0 spiro atoms.